The number of hydrogen-bond donors (Lipinski definition) is 1. The van der Waals surface area contributed by atoms with Crippen molar-refractivity contribution >= 4 is 0 Å². The molecule has 0 saturated carbocycles. The Morgan fingerprint density at radius 1 is 1.19 bits per heavy atom. The van der Waals surface area contributed by atoms with Gasteiger partial charge in [-0.25, -0.2) is 0 Å². The Morgan fingerprint density at radius 3 is 2.81 bits per heavy atom. The van der Waals surface area contributed by atoms with E-state index in [1.807, 2.05) is 6.07 Å². The second-order valence-electron chi connectivity index (χ2n) is 8.25. The molecule has 0 unspecified atom stereocenters. The van der Waals surface area contributed by atoms with Crippen molar-refractivity contribution in [2.24, 2.45) is 0 Å². The number of aromatic hydroxyl groups is 1. The maximum Gasteiger partial charge on any atom is 0.129 e. The second kappa shape index (κ2) is 6.53. The SMILES string of the molecule is CCCc1ccc([C@@H]2COc3c(ccc4c3CCC(C)(C)O4)C2)c(O)c1. The zero-order chi connectivity index (χ0) is 18.3. The van der Waals surface area contributed by atoms with Crippen LogP contribution in [0.3, 0.4) is 0 Å². The van der Waals surface area contributed by atoms with Crippen LogP contribution in [0, 0.1) is 0 Å². The largest absolute Gasteiger partial charge is 0.508 e. The van der Waals surface area contributed by atoms with Crippen molar-refractivity contribution in [3.63, 3.8) is 0 Å². The van der Waals surface area contributed by atoms with Crippen LogP contribution in [0.5, 0.6) is 17.2 Å². The Labute approximate surface area is 156 Å². The minimum absolute atomic E-state index is 0.107. The highest BCUT2D eigenvalue weighted by molar-refractivity contribution is 5.53. The third-order valence-corrected chi connectivity index (χ3v) is 5.63. The van der Waals surface area contributed by atoms with Crippen molar-refractivity contribution in [3.8, 4) is 17.2 Å². The minimum Gasteiger partial charge on any atom is -0.508 e. The van der Waals surface area contributed by atoms with Gasteiger partial charge in [0.15, 0.2) is 0 Å². The van der Waals surface area contributed by atoms with E-state index in [1.54, 1.807) is 0 Å². The molecule has 0 amide bonds. The van der Waals surface area contributed by atoms with Crippen LogP contribution >= 0.6 is 0 Å². The summed E-state index contributed by atoms with van der Waals surface area (Å²) in [7, 11) is 0. The summed E-state index contributed by atoms with van der Waals surface area (Å²) in [6.45, 7) is 7.03. The molecule has 0 aromatic heterocycles. The van der Waals surface area contributed by atoms with Gasteiger partial charge in [-0.15, -0.1) is 0 Å². The molecule has 26 heavy (non-hydrogen) atoms. The standard InChI is InChI=1S/C23H28O3/c1-4-5-15-6-8-18(20(24)12-15)17-13-16-7-9-21-19(22(16)25-14-17)10-11-23(2,3)26-21/h6-9,12,17,24H,4-5,10-11,13-14H2,1-3H3/t17-/m0/s1. The predicted molar refractivity (Wildman–Crippen MR) is 104 cm³/mol. The van der Waals surface area contributed by atoms with Crippen molar-refractivity contribution in [3.05, 3.63) is 52.6 Å². The summed E-state index contributed by atoms with van der Waals surface area (Å²) >= 11 is 0. The summed E-state index contributed by atoms with van der Waals surface area (Å²) in [6, 6.07) is 10.3. The van der Waals surface area contributed by atoms with Gasteiger partial charge in [-0.3, -0.25) is 0 Å². The van der Waals surface area contributed by atoms with Crippen molar-refractivity contribution < 1.29 is 14.6 Å². The smallest absolute Gasteiger partial charge is 0.129 e. The van der Waals surface area contributed by atoms with Gasteiger partial charge < -0.3 is 14.6 Å². The zero-order valence-corrected chi connectivity index (χ0v) is 16.0. The number of rotatable bonds is 3. The van der Waals surface area contributed by atoms with Crippen molar-refractivity contribution in [1.29, 1.82) is 0 Å². The molecule has 2 aromatic rings. The number of hydrogen-bond acceptors (Lipinski definition) is 3. The lowest BCUT2D eigenvalue weighted by Crippen LogP contribution is -2.33. The van der Waals surface area contributed by atoms with Crippen LogP contribution in [0.15, 0.2) is 30.3 Å². The van der Waals surface area contributed by atoms with Gasteiger partial charge in [-0.2, -0.15) is 0 Å². The monoisotopic (exact) mass is 352 g/mol. The fourth-order valence-electron chi connectivity index (χ4n) is 4.19. The third kappa shape index (κ3) is 3.15. The molecule has 0 fully saturated rings. The highest BCUT2D eigenvalue weighted by Crippen LogP contribution is 2.44. The molecule has 2 aliphatic heterocycles. The zero-order valence-electron chi connectivity index (χ0n) is 16.0. The number of fused-ring (bicyclic) bond motifs is 3. The molecule has 3 nitrogen and oxygen atoms in total. The molecule has 2 aromatic carbocycles. The lowest BCUT2D eigenvalue weighted by atomic mass is 9.86. The molecule has 2 heterocycles. The van der Waals surface area contributed by atoms with Crippen LogP contribution < -0.4 is 9.47 Å². The lowest BCUT2D eigenvalue weighted by Gasteiger charge is -2.35. The van der Waals surface area contributed by atoms with E-state index in [1.165, 1.54) is 16.7 Å². The average molecular weight is 352 g/mol. The van der Waals surface area contributed by atoms with Crippen LogP contribution in [0.1, 0.15) is 61.8 Å². The van der Waals surface area contributed by atoms with Crippen LogP contribution in [0.2, 0.25) is 0 Å². The van der Waals surface area contributed by atoms with E-state index in [0.717, 1.165) is 49.2 Å². The van der Waals surface area contributed by atoms with E-state index in [2.05, 4.69) is 45.0 Å². The molecule has 138 valence electrons. The fourth-order valence-corrected chi connectivity index (χ4v) is 4.19. The molecule has 1 atom stereocenters. The molecule has 0 radical (unpaired) electrons. The first-order valence-electron chi connectivity index (χ1n) is 9.75. The first-order chi connectivity index (χ1) is 12.5. The quantitative estimate of drug-likeness (QED) is 0.828. The number of phenolic OH excluding ortho intramolecular Hbond substituents is 1. The maximum absolute atomic E-state index is 10.5. The van der Waals surface area contributed by atoms with Gasteiger partial charge in [0.05, 0.1) is 6.61 Å². The molecule has 3 heteroatoms. The van der Waals surface area contributed by atoms with Gasteiger partial charge in [0, 0.05) is 17.0 Å². The summed E-state index contributed by atoms with van der Waals surface area (Å²) in [5.41, 5.74) is 4.51. The molecule has 0 aliphatic carbocycles. The highest BCUT2D eigenvalue weighted by Gasteiger charge is 2.32. The van der Waals surface area contributed by atoms with E-state index < -0.39 is 0 Å². The predicted octanol–water partition coefficient (Wildman–Crippen LogP) is 5.17. The minimum atomic E-state index is -0.107. The second-order valence-corrected chi connectivity index (χ2v) is 8.25. The van der Waals surface area contributed by atoms with E-state index >= 15 is 0 Å². The number of benzene rings is 2. The van der Waals surface area contributed by atoms with Crippen LogP contribution in [-0.2, 0) is 19.3 Å². The molecule has 0 saturated heterocycles. The topological polar surface area (TPSA) is 38.7 Å². The summed E-state index contributed by atoms with van der Waals surface area (Å²) in [5, 5.41) is 10.5. The number of phenols is 1. The van der Waals surface area contributed by atoms with Gasteiger partial charge in [0.2, 0.25) is 0 Å². The molecule has 0 spiro atoms. The molecular weight excluding hydrogens is 324 g/mol. The Balaban J connectivity index is 1.59. The van der Waals surface area contributed by atoms with E-state index in [4.69, 9.17) is 9.47 Å². The lowest BCUT2D eigenvalue weighted by molar-refractivity contribution is 0.0826. The van der Waals surface area contributed by atoms with Crippen molar-refractivity contribution in [2.45, 2.75) is 64.4 Å². The molecule has 1 N–H and O–H groups in total. The summed E-state index contributed by atoms with van der Waals surface area (Å²) in [5.74, 6) is 2.56. The Kier molecular flexibility index (Phi) is 4.34. The van der Waals surface area contributed by atoms with E-state index in [0.29, 0.717) is 12.4 Å². The number of ether oxygens (including phenoxy) is 2. The van der Waals surface area contributed by atoms with Gasteiger partial charge in [0.1, 0.15) is 22.8 Å². The Morgan fingerprint density at radius 2 is 2.04 bits per heavy atom. The van der Waals surface area contributed by atoms with Crippen LogP contribution in [0.4, 0.5) is 0 Å². The van der Waals surface area contributed by atoms with Gasteiger partial charge >= 0.3 is 0 Å². The summed E-state index contributed by atoms with van der Waals surface area (Å²) in [4.78, 5) is 0. The van der Waals surface area contributed by atoms with Crippen molar-refractivity contribution in [1.82, 2.24) is 0 Å². The average Bonchev–Trinajstić information content (AvgIpc) is 2.60. The first-order valence-corrected chi connectivity index (χ1v) is 9.75. The molecule has 4 rings (SSSR count). The fraction of sp³-hybridized carbons (Fsp3) is 0.478. The maximum atomic E-state index is 10.5. The van der Waals surface area contributed by atoms with E-state index in [9.17, 15) is 5.11 Å². The summed E-state index contributed by atoms with van der Waals surface area (Å²) < 4.78 is 12.3. The molecule has 2 aliphatic rings. The number of aryl methyl sites for hydroxylation is 1. The van der Waals surface area contributed by atoms with Crippen molar-refractivity contribution in [2.75, 3.05) is 6.61 Å². The van der Waals surface area contributed by atoms with Gasteiger partial charge in [-0.1, -0.05) is 31.5 Å². The van der Waals surface area contributed by atoms with Gasteiger partial charge in [0.25, 0.3) is 0 Å². The van der Waals surface area contributed by atoms with Gasteiger partial charge in [-0.05, 0) is 62.8 Å². The Hall–Kier alpha value is -2.16. The molecule has 0 bridgehead atoms. The highest BCUT2D eigenvalue weighted by atomic mass is 16.5. The molecular formula is C23H28O3. The normalized spacial score (nSPS) is 20.5. The summed E-state index contributed by atoms with van der Waals surface area (Å²) in [6.07, 6.45) is 4.98. The first kappa shape index (κ1) is 17.3. The van der Waals surface area contributed by atoms with Crippen LogP contribution in [0.25, 0.3) is 0 Å². The van der Waals surface area contributed by atoms with E-state index in [-0.39, 0.29) is 11.5 Å². The third-order valence-electron chi connectivity index (χ3n) is 5.63. The van der Waals surface area contributed by atoms with Crippen LogP contribution in [-0.4, -0.2) is 17.3 Å². The Bertz CT molecular complexity index is 822.